The van der Waals surface area contributed by atoms with Gasteiger partial charge < -0.3 is 15.6 Å². The first-order valence-corrected chi connectivity index (χ1v) is 5.84. The van der Waals surface area contributed by atoms with Gasteiger partial charge in [0, 0.05) is 0 Å². The average Bonchev–Trinajstić information content (AvgIpc) is 3.13. The normalized spacial score (nSPS) is 18.5. The number of nitrogens with two attached hydrogens (primary N) is 1. The van der Waals surface area contributed by atoms with Crippen molar-refractivity contribution < 1.29 is 14.6 Å². The summed E-state index contributed by atoms with van der Waals surface area (Å²) >= 11 is 0. The Morgan fingerprint density at radius 3 is 2.47 bits per heavy atom. The number of carboxylic acid groups (broad SMARTS) is 1. The van der Waals surface area contributed by atoms with Gasteiger partial charge in [0.05, 0.1) is 6.61 Å². The summed E-state index contributed by atoms with van der Waals surface area (Å²) in [7, 11) is 0. The van der Waals surface area contributed by atoms with Crippen LogP contribution in [0.3, 0.4) is 0 Å². The van der Waals surface area contributed by atoms with Crippen molar-refractivity contribution in [2.45, 2.75) is 25.3 Å². The van der Waals surface area contributed by atoms with Crippen molar-refractivity contribution in [1.82, 2.24) is 0 Å². The Morgan fingerprint density at radius 2 is 2.06 bits per heavy atom. The summed E-state index contributed by atoms with van der Waals surface area (Å²) in [6, 6.07) is 7.03. The van der Waals surface area contributed by atoms with Crippen molar-refractivity contribution in [2.24, 2.45) is 11.7 Å². The molecule has 1 aromatic rings. The Hall–Kier alpha value is -1.55. The molecule has 1 aromatic carbocycles. The number of aliphatic carboxylic acids is 1. The molecule has 1 aliphatic rings. The molecule has 0 heterocycles. The summed E-state index contributed by atoms with van der Waals surface area (Å²) < 4.78 is 5.32. The molecular formula is C13H17NO3. The van der Waals surface area contributed by atoms with E-state index in [1.165, 1.54) is 0 Å². The standard InChI is InChI=1S/C13H17NO3/c1-2-17-11-7-5-10(6-8-11)13(14,12(15)16)9-3-4-9/h5-9H,2-4,14H2,1H3,(H,15,16). The number of rotatable bonds is 5. The van der Waals surface area contributed by atoms with Crippen LogP contribution in [0.1, 0.15) is 25.3 Å². The predicted octanol–water partition coefficient (Wildman–Crippen LogP) is 1.73. The highest BCUT2D eigenvalue weighted by molar-refractivity contribution is 5.81. The molecule has 0 aliphatic heterocycles. The zero-order valence-electron chi connectivity index (χ0n) is 9.85. The van der Waals surface area contributed by atoms with E-state index in [9.17, 15) is 9.90 Å². The second kappa shape index (κ2) is 4.37. The molecule has 1 saturated carbocycles. The summed E-state index contributed by atoms with van der Waals surface area (Å²) in [5.74, 6) is -0.165. The van der Waals surface area contributed by atoms with Crippen LogP contribution in [-0.4, -0.2) is 17.7 Å². The summed E-state index contributed by atoms with van der Waals surface area (Å²) in [4.78, 5) is 11.4. The van der Waals surface area contributed by atoms with Crippen LogP contribution in [-0.2, 0) is 10.3 Å². The third-order valence-electron chi connectivity index (χ3n) is 3.22. The largest absolute Gasteiger partial charge is 0.494 e. The number of carboxylic acids is 1. The number of hydrogen-bond donors (Lipinski definition) is 2. The Kier molecular flexibility index (Phi) is 3.07. The Bertz CT molecular complexity index is 411. The maximum absolute atomic E-state index is 11.4. The Morgan fingerprint density at radius 1 is 1.47 bits per heavy atom. The molecule has 2 rings (SSSR count). The van der Waals surface area contributed by atoms with E-state index in [4.69, 9.17) is 10.5 Å². The van der Waals surface area contributed by atoms with Crippen molar-refractivity contribution in [3.63, 3.8) is 0 Å². The van der Waals surface area contributed by atoms with E-state index in [1.54, 1.807) is 24.3 Å². The van der Waals surface area contributed by atoms with Gasteiger partial charge >= 0.3 is 5.97 Å². The molecule has 4 nitrogen and oxygen atoms in total. The smallest absolute Gasteiger partial charge is 0.328 e. The predicted molar refractivity (Wildman–Crippen MR) is 63.8 cm³/mol. The lowest BCUT2D eigenvalue weighted by atomic mass is 9.86. The second-order valence-electron chi connectivity index (χ2n) is 4.41. The summed E-state index contributed by atoms with van der Waals surface area (Å²) in [6.07, 6.45) is 1.77. The zero-order valence-corrected chi connectivity index (χ0v) is 9.85. The highest BCUT2D eigenvalue weighted by Crippen LogP contribution is 2.44. The molecule has 1 fully saturated rings. The van der Waals surface area contributed by atoms with Crippen LogP contribution in [0, 0.1) is 5.92 Å². The molecule has 1 unspecified atom stereocenters. The minimum Gasteiger partial charge on any atom is -0.494 e. The van der Waals surface area contributed by atoms with Gasteiger partial charge in [-0.1, -0.05) is 12.1 Å². The third-order valence-corrected chi connectivity index (χ3v) is 3.22. The third kappa shape index (κ3) is 2.13. The first-order chi connectivity index (χ1) is 8.09. The summed E-state index contributed by atoms with van der Waals surface area (Å²) in [5.41, 5.74) is 5.45. The lowest BCUT2D eigenvalue weighted by Gasteiger charge is -2.25. The number of ether oxygens (including phenoxy) is 1. The van der Waals surface area contributed by atoms with Gasteiger partial charge in [-0.2, -0.15) is 0 Å². The summed E-state index contributed by atoms with van der Waals surface area (Å²) in [5, 5.41) is 9.31. The first kappa shape index (κ1) is 11.9. The van der Waals surface area contributed by atoms with E-state index < -0.39 is 11.5 Å². The van der Waals surface area contributed by atoms with Crippen molar-refractivity contribution in [2.75, 3.05) is 6.61 Å². The van der Waals surface area contributed by atoms with Crippen LogP contribution in [0.4, 0.5) is 0 Å². The second-order valence-corrected chi connectivity index (χ2v) is 4.41. The minimum absolute atomic E-state index is 0.0537. The molecule has 0 bridgehead atoms. The Balaban J connectivity index is 2.28. The molecule has 0 amide bonds. The van der Waals surface area contributed by atoms with E-state index in [2.05, 4.69) is 0 Å². The van der Waals surface area contributed by atoms with Crippen LogP contribution < -0.4 is 10.5 Å². The lowest BCUT2D eigenvalue weighted by molar-refractivity contribution is -0.144. The molecule has 92 valence electrons. The first-order valence-electron chi connectivity index (χ1n) is 5.84. The molecule has 0 aromatic heterocycles. The molecule has 0 saturated heterocycles. The SMILES string of the molecule is CCOc1ccc(C(N)(C(=O)O)C2CC2)cc1. The van der Waals surface area contributed by atoms with Crippen molar-refractivity contribution in [1.29, 1.82) is 0 Å². The molecule has 4 heteroatoms. The maximum atomic E-state index is 11.4. The summed E-state index contributed by atoms with van der Waals surface area (Å²) in [6.45, 7) is 2.50. The van der Waals surface area contributed by atoms with Gasteiger partial charge in [0.1, 0.15) is 11.3 Å². The van der Waals surface area contributed by atoms with Crippen LogP contribution in [0.15, 0.2) is 24.3 Å². The van der Waals surface area contributed by atoms with Gasteiger partial charge in [-0.25, -0.2) is 4.79 Å². The van der Waals surface area contributed by atoms with Crippen molar-refractivity contribution >= 4 is 5.97 Å². The fourth-order valence-electron chi connectivity index (χ4n) is 2.07. The minimum atomic E-state index is -1.25. The molecular weight excluding hydrogens is 218 g/mol. The topological polar surface area (TPSA) is 72.5 Å². The van der Waals surface area contributed by atoms with Gasteiger partial charge in [-0.05, 0) is 43.4 Å². The fourth-order valence-corrected chi connectivity index (χ4v) is 2.07. The molecule has 0 radical (unpaired) electrons. The van der Waals surface area contributed by atoms with Crippen LogP contribution in [0.5, 0.6) is 5.75 Å². The average molecular weight is 235 g/mol. The Labute approximate surface area is 100 Å². The van der Waals surface area contributed by atoms with Crippen molar-refractivity contribution in [3.05, 3.63) is 29.8 Å². The van der Waals surface area contributed by atoms with Gasteiger partial charge in [-0.15, -0.1) is 0 Å². The fraction of sp³-hybridized carbons (Fsp3) is 0.462. The van der Waals surface area contributed by atoms with Gasteiger partial charge in [-0.3, -0.25) is 0 Å². The van der Waals surface area contributed by atoms with Crippen LogP contribution >= 0.6 is 0 Å². The number of hydrogen-bond acceptors (Lipinski definition) is 3. The molecule has 1 atom stereocenters. The van der Waals surface area contributed by atoms with Gasteiger partial charge in [0.2, 0.25) is 0 Å². The molecule has 0 spiro atoms. The maximum Gasteiger partial charge on any atom is 0.328 e. The van der Waals surface area contributed by atoms with Crippen LogP contribution in [0.2, 0.25) is 0 Å². The van der Waals surface area contributed by atoms with E-state index in [-0.39, 0.29) is 5.92 Å². The van der Waals surface area contributed by atoms with Gasteiger partial charge in [0.15, 0.2) is 0 Å². The number of benzene rings is 1. The van der Waals surface area contributed by atoms with E-state index >= 15 is 0 Å². The monoisotopic (exact) mass is 235 g/mol. The molecule has 3 N–H and O–H groups in total. The quantitative estimate of drug-likeness (QED) is 0.815. The van der Waals surface area contributed by atoms with E-state index in [1.807, 2.05) is 6.92 Å². The highest BCUT2D eigenvalue weighted by Gasteiger charge is 2.49. The van der Waals surface area contributed by atoms with Gasteiger partial charge in [0.25, 0.3) is 0 Å². The van der Waals surface area contributed by atoms with E-state index in [0.717, 1.165) is 18.6 Å². The molecule has 17 heavy (non-hydrogen) atoms. The van der Waals surface area contributed by atoms with Crippen LogP contribution in [0.25, 0.3) is 0 Å². The number of carbonyl (C=O) groups is 1. The van der Waals surface area contributed by atoms with E-state index in [0.29, 0.717) is 12.2 Å². The zero-order chi connectivity index (χ0) is 12.5. The lowest BCUT2D eigenvalue weighted by Crippen LogP contribution is -2.46. The molecule has 1 aliphatic carbocycles. The van der Waals surface area contributed by atoms with Crippen molar-refractivity contribution in [3.8, 4) is 5.75 Å². The highest BCUT2D eigenvalue weighted by atomic mass is 16.5.